The minimum absolute atomic E-state index is 0. The van der Waals surface area contributed by atoms with Crippen LogP contribution in [0.2, 0.25) is 0 Å². The largest absolute Gasteiger partial charge is 0 e. The smallest absolute Gasteiger partial charge is 0 e. The zero-order chi connectivity index (χ0) is 0. The van der Waals surface area contributed by atoms with Crippen molar-refractivity contribution >= 4 is 0 Å². The quantitative estimate of drug-likeness (QED) is 0.315. The van der Waals surface area contributed by atoms with Crippen LogP contribution in [-0.2, 0) is 1890 Å². The second kappa shape index (κ2) is 1150. The fraction of sp³-hybridized carbons (Fsp3) is 0. The van der Waals surface area contributed by atoms with Gasteiger partial charge in [0.25, 0.3) is 0 Å². The molecule has 0 aliphatic heterocycles. The second-order valence-corrected chi connectivity index (χ2v) is 0. The van der Waals surface area contributed by atoms with E-state index in [1.54, 1.807) is 0 Å². The van der Waals surface area contributed by atoms with Crippen LogP contribution in [0.5, 0.6) is 0 Å². The molecular weight excluding hydrogens is 5200 g/mol. The molecule has 102 heteroatoms. The van der Waals surface area contributed by atoms with Gasteiger partial charge in [-0.05, 0) is 0 Å². The van der Waals surface area contributed by atoms with Crippen molar-refractivity contribution in [2.24, 2.45) is 0 Å². The Morgan fingerprint density at radius 2 is 0.00980 bits per heavy atom. The predicted octanol–water partition coefficient (Wildman–Crippen LogP) is -0.255. The number of hydrogen-bond acceptors (Lipinski definition) is 0. The summed E-state index contributed by atoms with van der Waals surface area (Å²) < 4.78 is 0. The first-order valence-corrected chi connectivity index (χ1v) is 0. The van der Waals surface area contributed by atoms with Gasteiger partial charge in [0.15, 0.2) is 0 Å². The summed E-state index contributed by atoms with van der Waals surface area (Å²) in [6.45, 7) is 0. The van der Waals surface area contributed by atoms with E-state index in [-0.39, 0.29) is 1890 Å². The monoisotopic (exact) mass is 5200 g/mol. The molecule has 0 aromatic heterocycles. The maximum atomic E-state index is 0. The molecule has 0 saturated carbocycles. The van der Waals surface area contributed by atoms with Crippen LogP contribution in [0.1, 0.15) is 0 Å². The Bertz CT molecular complexity index is 0. The first-order valence-electron chi connectivity index (χ1n) is 0. The third-order valence-electron chi connectivity index (χ3n) is 0. The van der Waals surface area contributed by atoms with E-state index in [0.29, 0.717) is 0 Å². The summed E-state index contributed by atoms with van der Waals surface area (Å²) in [6.07, 6.45) is 0. The van der Waals surface area contributed by atoms with Crippen LogP contribution in [0.3, 0.4) is 0 Å². The van der Waals surface area contributed by atoms with Gasteiger partial charge < -0.3 is 0 Å². The first kappa shape index (κ1) is 1170. The van der Waals surface area contributed by atoms with E-state index in [2.05, 4.69) is 0 Å². The van der Waals surface area contributed by atoms with Gasteiger partial charge in [0.1, 0.15) is 0 Å². The maximum Gasteiger partial charge on any atom is 0 e. The Morgan fingerprint density at radius 3 is 0.00980 bits per heavy atom. The summed E-state index contributed by atoms with van der Waals surface area (Å²) >= 11 is 0. The topological polar surface area (TPSA) is 0 Å². The van der Waals surface area contributed by atoms with E-state index in [9.17, 15) is 0 Å². The third kappa shape index (κ3) is 1130. The molecule has 0 rings (SSSR count). The fourth-order valence-electron chi connectivity index (χ4n) is 0. The molecule has 510 valence electrons. The van der Waals surface area contributed by atoms with Crippen molar-refractivity contribution in [3.63, 3.8) is 0 Å². The molecule has 0 aliphatic rings. The van der Waals surface area contributed by atoms with Gasteiger partial charge in [-0.15, -0.1) is 0 Å². The first-order chi connectivity index (χ1) is 0. The zero-order valence-electron chi connectivity index (χ0n) is 45.6. The maximum absolute atomic E-state index is 0. The molecule has 0 spiro atoms. The molecule has 0 N–H and O–H groups in total. The van der Waals surface area contributed by atoms with Crippen LogP contribution in [0.15, 0.2) is 0 Å². The summed E-state index contributed by atoms with van der Waals surface area (Å²) in [5, 5.41) is 0. The Kier molecular flexibility index (Phi) is 13200. The SMILES string of the molecule is [V].[V].[V].[V].[V].[V].[V].[V].[V].[V].[V].[V].[V].[V].[V].[V].[V].[V].[V].[V].[V].[V].[V].[V].[V].[V].[V].[V].[V].[V].[V].[V].[V].[V].[V].[V].[V].[V].[V].[V].[V].[V].[V].[V].[V].[V].[V].[V].[V].[V].[V].[V].[V].[V].[V].[V].[V].[V].[V].[V].[V].[V].[V].[V].[V].[V].[V].[V].[V].[V].[V].[V].[V].[V].[V].[V].[V].[V].[V].[V].[V].[V].[V].[V].[V].[V].[V].[V].[V].[V].[V].[V].[V].[V].[V].[V].[V].[V].[V].[V].[V].[V]. The molecule has 0 saturated heterocycles. The van der Waals surface area contributed by atoms with Crippen molar-refractivity contribution in [3.05, 3.63) is 0 Å². The molecule has 0 unspecified atom stereocenters. The van der Waals surface area contributed by atoms with E-state index in [4.69, 9.17) is 0 Å². The van der Waals surface area contributed by atoms with Gasteiger partial charge in [-0.1, -0.05) is 0 Å². The van der Waals surface area contributed by atoms with Crippen LogP contribution in [0.4, 0.5) is 0 Å². The summed E-state index contributed by atoms with van der Waals surface area (Å²) in [6, 6.07) is 0. The van der Waals surface area contributed by atoms with Gasteiger partial charge >= 0.3 is 0 Å². The molecule has 0 fully saturated rings. The minimum atomic E-state index is 0. The van der Waals surface area contributed by atoms with Crippen LogP contribution in [0.25, 0.3) is 0 Å². The molecule has 0 bridgehead atoms. The predicted molar refractivity (Wildman–Crippen MR) is 0 cm³/mol. The van der Waals surface area contributed by atoms with Crippen LogP contribution < -0.4 is 0 Å². The number of rotatable bonds is 0. The Labute approximate surface area is 1840 Å². The van der Waals surface area contributed by atoms with Crippen molar-refractivity contribution in [2.75, 3.05) is 0 Å². The fourth-order valence-corrected chi connectivity index (χ4v) is 0. The molecule has 0 heterocycles. The van der Waals surface area contributed by atoms with Gasteiger partial charge in [-0.25, -0.2) is 0 Å². The Morgan fingerprint density at radius 1 is 0.00980 bits per heavy atom. The average molecular weight is 5200 g/mol. The summed E-state index contributed by atoms with van der Waals surface area (Å²) in [7, 11) is 0. The standard InChI is InChI=1S/102V. The Hall–Kier alpha value is 59.6. The van der Waals surface area contributed by atoms with Gasteiger partial charge in [0.2, 0.25) is 0 Å². The molecule has 102 heavy (non-hydrogen) atoms. The molecule has 102 radical (unpaired) electrons. The van der Waals surface area contributed by atoms with Gasteiger partial charge in [0, 0.05) is 1890 Å². The summed E-state index contributed by atoms with van der Waals surface area (Å²) in [5.41, 5.74) is 0. The number of hydrogen-bond donors (Lipinski definition) is 0. The average Bonchev–Trinajstić information content (AvgIpc) is 0. The Balaban J connectivity index is 0. The molecule has 0 atom stereocenters. The van der Waals surface area contributed by atoms with E-state index in [1.165, 1.54) is 0 Å². The zero-order valence-corrected chi connectivity index (χ0v) is 188. The summed E-state index contributed by atoms with van der Waals surface area (Å²) in [4.78, 5) is 0. The molecular formula is V102. The van der Waals surface area contributed by atoms with Crippen molar-refractivity contribution in [1.82, 2.24) is 0 Å². The molecule has 0 amide bonds. The van der Waals surface area contributed by atoms with Crippen LogP contribution in [0, 0.1) is 0 Å². The van der Waals surface area contributed by atoms with E-state index in [0.717, 1.165) is 0 Å². The normalized spacial score (nSPS) is 0. The van der Waals surface area contributed by atoms with Crippen LogP contribution in [-0.4, -0.2) is 0 Å². The summed E-state index contributed by atoms with van der Waals surface area (Å²) in [5.74, 6) is 0. The van der Waals surface area contributed by atoms with Gasteiger partial charge in [-0.3, -0.25) is 0 Å². The minimum Gasteiger partial charge on any atom is 0 e. The van der Waals surface area contributed by atoms with Crippen molar-refractivity contribution in [1.29, 1.82) is 0 Å². The van der Waals surface area contributed by atoms with E-state index < -0.39 is 0 Å². The van der Waals surface area contributed by atoms with Crippen molar-refractivity contribution in [2.45, 2.75) is 0 Å². The second-order valence-electron chi connectivity index (χ2n) is 0. The van der Waals surface area contributed by atoms with Gasteiger partial charge in [0.05, 0.1) is 0 Å². The molecule has 0 aromatic carbocycles. The van der Waals surface area contributed by atoms with E-state index in [1.807, 2.05) is 0 Å². The van der Waals surface area contributed by atoms with E-state index >= 15 is 0 Å². The van der Waals surface area contributed by atoms with Crippen molar-refractivity contribution in [3.8, 4) is 0 Å². The molecule has 0 aliphatic carbocycles. The van der Waals surface area contributed by atoms with Crippen molar-refractivity contribution < 1.29 is 1890 Å². The molecule has 0 nitrogen and oxygen atoms in total. The van der Waals surface area contributed by atoms with Gasteiger partial charge in [-0.2, -0.15) is 0 Å². The molecule has 0 aromatic rings. The van der Waals surface area contributed by atoms with Crippen LogP contribution >= 0.6 is 0 Å². The third-order valence-corrected chi connectivity index (χ3v) is 0.